The minimum Gasteiger partial charge on any atom is -0.480 e. The third-order valence-electron chi connectivity index (χ3n) is 7.64. The van der Waals surface area contributed by atoms with Crippen LogP contribution in [0.5, 0.6) is 0 Å². The molecule has 15 nitrogen and oxygen atoms in total. The molecular formula is C34H46Cl4N5O10PS. The van der Waals surface area contributed by atoms with E-state index in [1.54, 1.807) is 57.9 Å². The molecule has 0 radical (unpaired) electrons. The fraction of sp³-hybridized carbons (Fsp3) is 0.500. The average Bonchev–Trinajstić information content (AvgIpc) is 3.17. The minimum atomic E-state index is -3.72. The molecule has 3 amide bonds. The van der Waals surface area contributed by atoms with Gasteiger partial charge in [0.15, 0.2) is 6.04 Å². The number of carbonyl (C=O) groups is 5. The van der Waals surface area contributed by atoms with Gasteiger partial charge in [0.1, 0.15) is 18.7 Å². The molecule has 0 aliphatic carbocycles. The summed E-state index contributed by atoms with van der Waals surface area (Å²) in [4.78, 5) is 63.0. The molecule has 21 heteroatoms. The molecule has 2 aromatic rings. The number of carbonyl (C=O) groups excluding carboxylic acids is 3. The highest BCUT2D eigenvalue weighted by Gasteiger charge is 2.38. The van der Waals surface area contributed by atoms with E-state index in [-0.39, 0.29) is 86.4 Å². The van der Waals surface area contributed by atoms with Crippen LogP contribution >= 0.6 is 65.8 Å². The van der Waals surface area contributed by atoms with Gasteiger partial charge < -0.3 is 35.4 Å². The SMILES string of the molecule is O=C(CC[C@H](NC(=O)OCc1ccccc1)C(=O)O)N[C@@H](CSCCOP(=O)(N(CCCl)CCCl)N(CCCl)CCCl)C(=O)N[C@@H](C(=O)O)c1ccccc1. The number of halogens is 4. The highest BCUT2D eigenvalue weighted by atomic mass is 35.5. The van der Waals surface area contributed by atoms with E-state index >= 15 is 0 Å². The molecule has 0 saturated heterocycles. The van der Waals surface area contributed by atoms with Crippen LogP contribution in [0.15, 0.2) is 60.7 Å². The van der Waals surface area contributed by atoms with E-state index in [0.717, 1.165) is 11.8 Å². The molecule has 0 aliphatic heterocycles. The summed E-state index contributed by atoms with van der Waals surface area (Å²) in [6.07, 6.45) is -1.78. The first kappa shape index (κ1) is 48.4. The van der Waals surface area contributed by atoms with Crippen LogP contribution in [0.2, 0.25) is 0 Å². The Labute approximate surface area is 344 Å². The Morgan fingerprint density at radius 3 is 1.80 bits per heavy atom. The second-order valence-electron chi connectivity index (χ2n) is 11.5. The maximum absolute atomic E-state index is 14.3. The first-order chi connectivity index (χ1) is 26.4. The van der Waals surface area contributed by atoms with Gasteiger partial charge >= 0.3 is 25.7 Å². The first-order valence-corrected chi connectivity index (χ1v) is 21.9. The van der Waals surface area contributed by atoms with Crippen LogP contribution in [-0.2, 0) is 39.6 Å². The van der Waals surface area contributed by atoms with Crippen LogP contribution < -0.4 is 16.0 Å². The second-order valence-corrected chi connectivity index (χ2v) is 16.5. The van der Waals surface area contributed by atoms with Gasteiger partial charge in [0, 0.05) is 67.6 Å². The third kappa shape index (κ3) is 17.5. The highest BCUT2D eigenvalue weighted by molar-refractivity contribution is 7.99. The Morgan fingerprint density at radius 2 is 1.29 bits per heavy atom. The predicted molar refractivity (Wildman–Crippen MR) is 214 cm³/mol. The van der Waals surface area contributed by atoms with Gasteiger partial charge in [-0.3, -0.25) is 14.2 Å². The zero-order chi connectivity index (χ0) is 40.6. The Hall–Kier alpha value is -2.79. The molecule has 0 aromatic heterocycles. The summed E-state index contributed by atoms with van der Waals surface area (Å²) in [6, 6.07) is 12.4. The van der Waals surface area contributed by atoms with Gasteiger partial charge in [0.2, 0.25) is 11.8 Å². The van der Waals surface area contributed by atoms with Crippen molar-refractivity contribution in [3.8, 4) is 0 Å². The summed E-state index contributed by atoms with van der Waals surface area (Å²) in [7, 11) is -3.72. The molecule has 0 aliphatic rings. The zero-order valence-corrected chi connectivity index (χ0v) is 34.6. The molecule has 0 unspecified atom stereocenters. The monoisotopic (exact) mass is 887 g/mol. The number of alkyl carbamates (subject to hydrolysis) is 1. The van der Waals surface area contributed by atoms with Crippen LogP contribution in [0.1, 0.15) is 30.0 Å². The lowest BCUT2D eigenvalue weighted by Crippen LogP contribution is -2.50. The molecule has 306 valence electrons. The van der Waals surface area contributed by atoms with Gasteiger partial charge in [-0.2, -0.15) is 11.8 Å². The third-order valence-corrected chi connectivity index (χ3v) is 12.1. The Bertz CT molecular complexity index is 1510. The Morgan fingerprint density at radius 1 is 0.745 bits per heavy atom. The number of amides is 3. The van der Waals surface area contributed by atoms with E-state index in [1.807, 2.05) is 0 Å². The fourth-order valence-corrected chi connectivity index (χ4v) is 9.62. The lowest BCUT2D eigenvalue weighted by Gasteiger charge is -2.37. The van der Waals surface area contributed by atoms with Crippen molar-refractivity contribution in [3.63, 3.8) is 0 Å². The van der Waals surface area contributed by atoms with Gasteiger partial charge in [-0.1, -0.05) is 60.7 Å². The molecule has 3 atom stereocenters. The standard InChI is InChI=1S/C34H46Cl4N5O10PS/c35-13-17-42(18-14-36)54(51,43(19-15-37)20-16-38)53-21-22-55-24-28(31(45)41-30(33(48)49)26-9-5-2-6-10-26)39-29(44)12-11-27(32(46)47)40-34(50)52-23-25-7-3-1-4-8-25/h1-10,27-28,30H,11-24H2,(H,39,44)(H,40,50)(H,41,45)(H,46,47)(H,48,49)/t27-,28-,30+/m0/s1. The zero-order valence-electron chi connectivity index (χ0n) is 29.8. The normalized spacial score (nSPS) is 13.1. The van der Waals surface area contributed by atoms with E-state index in [2.05, 4.69) is 16.0 Å². The van der Waals surface area contributed by atoms with Crippen molar-refractivity contribution in [3.05, 3.63) is 71.8 Å². The van der Waals surface area contributed by atoms with Crippen LogP contribution in [0, 0.1) is 0 Å². The Kier molecular flexibility index (Phi) is 23.7. The number of rotatable bonds is 28. The van der Waals surface area contributed by atoms with Crippen molar-refractivity contribution >= 4 is 95.7 Å². The average molecular weight is 890 g/mol. The van der Waals surface area contributed by atoms with Crippen LogP contribution in [0.4, 0.5) is 4.79 Å². The van der Waals surface area contributed by atoms with E-state index in [0.29, 0.717) is 5.56 Å². The molecule has 5 N–H and O–H groups in total. The summed E-state index contributed by atoms with van der Waals surface area (Å²) >= 11 is 25.1. The fourth-order valence-electron chi connectivity index (χ4n) is 4.94. The molecular weight excluding hydrogens is 843 g/mol. The number of carboxylic acid groups (broad SMARTS) is 2. The van der Waals surface area contributed by atoms with E-state index < -0.39 is 62.1 Å². The number of hydrogen-bond donors (Lipinski definition) is 5. The summed E-state index contributed by atoms with van der Waals surface area (Å²) in [5.74, 6) is -3.65. The number of carboxylic acids is 2. The number of hydrogen-bond acceptors (Lipinski definition) is 9. The molecule has 0 spiro atoms. The van der Waals surface area contributed by atoms with Crippen molar-refractivity contribution in [1.29, 1.82) is 0 Å². The topological polar surface area (TPSA) is 204 Å². The summed E-state index contributed by atoms with van der Waals surface area (Å²) in [5, 5.41) is 26.8. The first-order valence-electron chi connectivity index (χ1n) is 17.0. The molecule has 2 rings (SSSR count). The number of nitrogens with one attached hydrogen (secondary N) is 3. The van der Waals surface area contributed by atoms with Crippen molar-refractivity contribution in [2.45, 2.75) is 37.6 Å². The van der Waals surface area contributed by atoms with Crippen LogP contribution in [0.25, 0.3) is 0 Å². The van der Waals surface area contributed by atoms with Crippen molar-refractivity contribution in [1.82, 2.24) is 25.3 Å². The van der Waals surface area contributed by atoms with Gasteiger partial charge in [0.05, 0.1) is 6.61 Å². The minimum absolute atomic E-state index is 0.0829. The smallest absolute Gasteiger partial charge is 0.408 e. The number of nitrogens with zero attached hydrogens (tertiary/aromatic N) is 2. The van der Waals surface area contributed by atoms with Gasteiger partial charge in [0.25, 0.3) is 0 Å². The van der Waals surface area contributed by atoms with Crippen LogP contribution in [-0.4, -0.2) is 129 Å². The summed E-state index contributed by atoms with van der Waals surface area (Å²) < 4.78 is 28.5. The van der Waals surface area contributed by atoms with Crippen molar-refractivity contribution in [2.75, 3.05) is 67.8 Å². The lowest BCUT2D eigenvalue weighted by molar-refractivity contribution is -0.142. The largest absolute Gasteiger partial charge is 0.480 e. The number of aliphatic carboxylic acids is 2. The summed E-state index contributed by atoms with van der Waals surface area (Å²) in [6.45, 7) is 0.622. The predicted octanol–water partition coefficient (Wildman–Crippen LogP) is 4.99. The van der Waals surface area contributed by atoms with E-state index in [4.69, 9.17) is 55.7 Å². The molecule has 2 aromatic carbocycles. The summed E-state index contributed by atoms with van der Waals surface area (Å²) in [5.41, 5.74) is 0.972. The number of ether oxygens (including phenoxy) is 1. The number of benzene rings is 2. The maximum atomic E-state index is 14.3. The van der Waals surface area contributed by atoms with Gasteiger partial charge in [-0.05, 0) is 17.5 Å². The van der Waals surface area contributed by atoms with Crippen molar-refractivity contribution in [2.24, 2.45) is 0 Å². The molecule has 55 heavy (non-hydrogen) atoms. The second kappa shape index (κ2) is 27.0. The lowest BCUT2D eigenvalue weighted by atomic mass is 10.1. The highest BCUT2D eigenvalue weighted by Crippen LogP contribution is 2.54. The number of thioether (sulfide) groups is 1. The van der Waals surface area contributed by atoms with Crippen molar-refractivity contribution < 1.29 is 48.0 Å². The maximum Gasteiger partial charge on any atom is 0.408 e. The quantitative estimate of drug-likeness (QED) is 0.0435. The molecule has 0 fully saturated rings. The van der Waals surface area contributed by atoms with Gasteiger partial charge in [-0.15, -0.1) is 46.4 Å². The number of alkyl halides is 4. The van der Waals surface area contributed by atoms with Gasteiger partial charge in [-0.25, -0.2) is 23.7 Å². The Balaban J connectivity index is 2.15. The molecule has 0 saturated carbocycles. The molecule has 0 bridgehead atoms. The van der Waals surface area contributed by atoms with E-state index in [1.165, 1.54) is 12.1 Å². The van der Waals surface area contributed by atoms with Crippen LogP contribution in [0.3, 0.4) is 0 Å². The molecule has 0 heterocycles. The van der Waals surface area contributed by atoms with E-state index in [9.17, 15) is 38.8 Å².